The third kappa shape index (κ3) is 2.89. The molecule has 0 saturated heterocycles. The predicted octanol–water partition coefficient (Wildman–Crippen LogP) is 4.79. The summed E-state index contributed by atoms with van der Waals surface area (Å²) in [4.78, 5) is 0. The number of hydrogen-bond acceptors (Lipinski definition) is 0. The second kappa shape index (κ2) is 6.17. The fourth-order valence-corrected chi connectivity index (χ4v) is 6.83. The van der Waals surface area contributed by atoms with Crippen molar-refractivity contribution in [1.29, 1.82) is 0 Å². The summed E-state index contributed by atoms with van der Waals surface area (Å²) in [6.45, 7) is 9.37. The molecule has 0 radical (unpaired) electrons. The summed E-state index contributed by atoms with van der Waals surface area (Å²) in [5.74, 6) is 0. The van der Waals surface area contributed by atoms with Gasteiger partial charge in [0.2, 0.25) is 0 Å². The van der Waals surface area contributed by atoms with Crippen molar-refractivity contribution >= 4 is 18.4 Å². The Labute approximate surface area is 140 Å². The van der Waals surface area contributed by atoms with Crippen molar-refractivity contribution < 1.29 is 0 Å². The van der Waals surface area contributed by atoms with Crippen LogP contribution in [0.15, 0.2) is 72.8 Å². The molecule has 116 valence electrons. The zero-order valence-electron chi connectivity index (χ0n) is 14.4. The molecule has 0 fully saturated rings. The predicted molar refractivity (Wildman–Crippen MR) is 105 cm³/mol. The van der Waals surface area contributed by atoms with E-state index in [0.717, 1.165) is 0 Å². The molecule has 3 rings (SSSR count). The van der Waals surface area contributed by atoms with Crippen LogP contribution in [0.4, 0.5) is 0 Å². The van der Waals surface area contributed by atoms with E-state index in [9.17, 15) is 0 Å². The van der Waals surface area contributed by atoms with Gasteiger partial charge in [0.05, 0.1) is 0 Å². The Morgan fingerprint density at radius 3 is 1.61 bits per heavy atom. The van der Waals surface area contributed by atoms with Crippen LogP contribution < -0.4 is 10.4 Å². The first kappa shape index (κ1) is 15.8. The topological polar surface area (TPSA) is 0 Å². The third-order valence-electron chi connectivity index (χ3n) is 4.85. The van der Waals surface area contributed by atoms with Crippen LogP contribution in [0.25, 0.3) is 11.1 Å². The van der Waals surface area contributed by atoms with Crippen molar-refractivity contribution in [3.05, 3.63) is 83.9 Å². The molecule has 23 heavy (non-hydrogen) atoms. The second-order valence-electron chi connectivity index (χ2n) is 6.80. The van der Waals surface area contributed by atoms with Crippen molar-refractivity contribution in [2.75, 3.05) is 0 Å². The third-order valence-corrected chi connectivity index (χ3v) is 8.54. The van der Waals surface area contributed by atoms with Crippen LogP contribution in [0.2, 0.25) is 13.1 Å². The lowest BCUT2D eigenvalue weighted by molar-refractivity contribution is 1.46. The zero-order chi connectivity index (χ0) is 16.4. The molecule has 0 aromatic heterocycles. The summed E-state index contributed by atoms with van der Waals surface area (Å²) in [6, 6.07) is 26.5. The summed E-state index contributed by atoms with van der Waals surface area (Å²) in [6.07, 6.45) is 0. The lowest BCUT2D eigenvalue weighted by Gasteiger charge is -2.28. The van der Waals surface area contributed by atoms with Gasteiger partial charge in [-0.15, -0.1) is 0 Å². The van der Waals surface area contributed by atoms with Gasteiger partial charge in [0.15, 0.2) is 0 Å². The van der Waals surface area contributed by atoms with Crippen LogP contribution >= 0.6 is 0 Å². The van der Waals surface area contributed by atoms with E-state index in [0.29, 0.717) is 0 Å². The first-order valence-corrected chi connectivity index (χ1v) is 11.2. The quantitative estimate of drug-likeness (QED) is 0.609. The number of hydrogen-bond donors (Lipinski definition) is 0. The summed E-state index contributed by atoms with van der Waals surface area (Å²) < 4.78 is 0. The molecule has 0 atom stereocenters. The van der Waals surface area contributed by atoms with Crippen LogP contribution in [-0.2, 0) is 0 Å². The molecule has 0 nitrogen and oxygen atoms in total. The molecule has 0 aliphatic carbocycles. The van der Waals surface area contributed by atoms with Gasteiger partial charge in [0, 0.05) is 0 Å². The van der Waals surface area contributed by atoms with Crippen molar-refractivity contribution in [3.63, 3.8) is 0 Å². The van der Waals surface area contributed by atoms with Crippen LogP contribution in [0, 0.1) is 13.8 Å². The summed E-state index contributed by atoms with van der Waals surface area (Å²) in [7, 11) is -1.75. The van der Waals surface area contributed by atoms with Crippen LogP contribution in [0.3, 0.4) is 0 Å². The molecule has 0 bridgehead atoms. The van der Waals surface area contributed by atoms with Crippen LogP contribution in [-0.4, -0.2) is 8.07 Å². The van der Waals surface area contributed by atoms with E-state index in [4.69, 9.17) is 0 Å². The number of aryl methyl sites for hydroxylation is 2. The first-order valence-electron chi connectivity index (χ1n) is 8.23. The molecule has 0 aliphatic heterocycles. The van der Waals surface area contributed by atoms with E-state index in [1.54, 1.807) is 0 Å². The molecule has 3 aromatic rings. The van der Waals surface area contributed by atoms with Crippen molar-refractivity contribution in [2.45, 2.75) is 26.9 Å². The van der Waals surface area contributed by atoms with E-state index in [1.807, 2.05) is 0 Å². The average Bonchev–Trinajstić information content (AvgIpc) is 2.55. The minimum absolute atomic E-state index is 1.34. The Morgan fingerprint density at radius 2 is 1.00 bits per heavy atom. The van der Waals surface area contributed by atoms with Crippen molar-refractivity contribution in [1.82, 2.24) is 0 Å². The van der Waals surface area contributed by atoms with Crippen molar-refractivity contribution in [2.24, 2.45) is 0 Å². The SMILES string of the molecule is Cc1ccccc1-c1ccccc1[Si](C)(C)c1ccccc1C. The van der Waals surface area contributed by atoms with Gasteiger partial charge >= 0.3 is 0 Å². The van der Waals surface area contributed by atoms with Gasteiger partial charge in [-0.05, 0) is 35.7 Å². The van der Waals surface area contributed by atoms with Gasteiger partial charge in [0.1, 0.15) is 8.07 Å². The fraction of sp³-hybridized carbons (Fsp3) is 0.182. The summed E-state index contributed by atoms with van der Waals surface area (Å²) in [5.41, 5.74) is 5.50. The first-order chi connectivity index (χ1) is 11.0. The lowest BCUT2D eigenvalue weighted by atomic mass is 10.0. The molecule has 1 heteroatoms. The van der Waals surface area contributed by atoms with Gasteiger partial charge in [-0.3, -0.25) is 0 Å². The Hall–Kier alpha value is -2.12. The molecule has 3 aromatic carbocycles. The Bertz CT molecular complexity index is 831. The van der Waals surface area contributed by atoms with Gasteiger partial charge < -0.3 is 0 Å². The largest absolute Gasteiger partial charge is 0.113 e. The number of benzene rings is 3. The highest BCUT2D eigenvalue weighted by Crippen LogP contribution is 2.24. The van der Waals surface area contributed by atoms with E-state index >= 15 is 0 Å². The second-order valence-corrected chi connectivity index (χ2v) is 11.1. The minimum atomic E-state index is -1.75. The summed E-state index contributed by atoms with van der Waals surface area (Å²) in [5, 5.41) is 3.05. The van der Waals surface area contributed by atoms with E-state index in [1.165, 1.54) is 32.6 Å². The van der Waals surface area contributed by atoms with Gasteiger partial charge in [-0.1, -0.05) is 96.6 Å². The highest BCUT2D eigenvalue weighted by molar-refractivity contribution is 7.01. The molecule has 0 aliphatic rings. The Kier molecular flexibility index (Phi) is 4.23. The molecular formula is C22H24Si. The normalized spacial score (nSPS) is 11.5. The maximum Gasteiger partial charge on any atom is 0.113 e. The van der Waals surface area contributed by atoms with E-state index in [2.05, 4.69) is 99.7 Å². The zero-order valence-corrected chi connectivity index (χ0v) is 15.4. The van der Waals surface area contributed by atoms with Crippen LogP contribution in [0.1, 0.15) is 11.1 Å². The molecule has 0 N–H and O–H groups in total. The molecule has 0 amide bonds. The van der Waals surface area contributed by atoms with E-state index in [-0.39, 0.29) is 0 Å². The van der Waals surface area contributed by atoms with Gasteiger partial charge in [-0.25, -0.2) is 0 Å². The molecular weight excluding hydrogens is 292 g/mol. The number of rotatable bonds is 3. The standard InChI is InChI=1S/C22H24Si/c1-17-11-5-7-13-19(17)20-14-8-10-16-22(20)23(3,4)21-15-9-6-12-18(21)2/h5-16H,1-4H3. The maximum atomic E-state index is 2.46. The maximum absolute atomic E-state index is 2.46. The molecule has 0 unspecified atom stereocenters. The molecule has 0 heterocycles. The highest BCUT2D eigenvalue weighted by atomic mass is 28.3. The molecule has 0 spiro atoms. The van der Waals surface area contributed by atoms with Gasteiger partial charge in [0.25, 0.3) is 0 Å². The smallest absolute Gasteiger partial charge is 0.0623 e. The monoisotopic (exact) mass is 316 g/mol. The minimum Gasteiger partial charge on any atom is -0.0623 e. The highest BCUT2D eigenvalue weighted by Gasteiger charge is 2.29. The lowest BCUT2D eigenvalue weighted by Crippen LogP contribution is -2.54. The molecule has 0 saturated carbocycles. The summed E-state index contributed by atoms with van der Waals surface area (Å²) >= 11 is 0. The fourth-order valence-electron chi connectivity index (χ4n) is 3.56. The van der Waals surface area contributed by atoms with E-state index < -0.39 is 8.07 Å². The van der Waals surface area contributed by atoms with Gasteiger partial charge in [-0.2, -0.15) is 0 Å². The average molecular weight is 317 g/mol. The Morgan fingerprint density at radius 1 is 0.522 bits per heavy atom. The Balaban J connectivity index is 2.22. The van der Waals surface area contributed by atoms with Crippen molar-refractivity contribution in [3.8, 4) is 11.1 Å². The van der Waals surface area contributed by atoms with Crippen LogP contribution in [0.5, 0.6) is 0 Å².